The minimum absolute atomic E-state index is 0.0517. The number of phenols is 1. The fourth-order valence-electron chi connectivity index (χ4n) is 2.28. The van der Waals surface area contributed by atoms with E-state index in [1.807, 2.05) is 18.4 Å². The summed E-state index contributed by atoms with van der Waals surface area (Å²) in [5.41, 5.74) is 4.06. The van der Waals surface area contributed by atoms with Crippen molar-refractivity contribution >= 4 is 35.1 Å². The molecule has 0 fully saturated rings. The molecule has 0 saturated heterocycles. The molecule has 6 nitrogen and oxygen atoms in total. The lowest BCUT2D eigenvalue weighted by Crippen LogP contribution is -2.17. The molecule has 7 heteroatoms. The number of aryl methyl sites for hydroxylation is 1. The molecule has 0 atom stereocenters. The van der Waals surface area contributed by atoms with Crippen molar-refractivity contribution in [1.82, 2.24) is 5.43 Å². The largest absolute Gasteiger partial charge is 0.506 e. The number of aromatic hydroxyl groups is 1. The van der Waals surface area contributed by atoms with Crippen molar-refractivity contribution in [3.63, 3.8) is 0 Å². The van der Waals surface area contributed by atoms with E-state index in [0.29, 0.717) is 31.4 Å². The van der Waals surface area contributed by atoms with Gasteiger partial charge in [0.05, 0.1) is 11.9 Å². The second-order valence-electron chi connectivity index (χ2n) is 5.89. The number of thiophene rings is 1. The molecule has 2 rings (SSSR count). The number of hydrogen-bond donors (Lipinski definition) is 3. The van der Waals surface area contributed by atoms with E-state index >= 15 is 0 Å². The summed E-state index contributed by atoms with van der Waals surface area (Å²) in [4.78, 5) is 24.6. The third-order valence-corrected chi connectivity index (χ3v) is 4.71. The molecule has 0 aliphatic rings. The molecule has 0 radical (unpaired) electrons. The lowest BCUT2D eigenvalue weighted by molar-refractivity contribution is -0.121. The molecule has 0 saturated carbocycles. The number of carbonyl (C=O) groups is 2. The monoisotopic (exact) mass is 373 g/mol. The number of anilines is 1. The second-order valence-corrected chi connectivity index (χ2v) is 6.83. The number of nitrogens with one attached hydrogen (secondary N) is 2. The Labute approximate surface area is 156 Å². The summed E-state index contributed by atoms with van der Waals surface area (Å²) in [6, 6.07) is 8.62. The maximum absolute atomic E-state index is 11.8. The molecule has 2 amide bonds. The fourth-order valence-corrected chi connectivity index (χ4v) is 3.06. The van der Waals surface area contributed by atoms with E-state index in [0.717, 1.165) is 16.9 Å². The van der Waals surface area contributed by atoms with Crippen molar-refractivity contribution in [2.24, 2.45) is 5.10 Å². The van der Waals surface area contributed by atoms with Crippen LogP contribution >= 0.6 is 11.3 Å². The van der Waals surface area contributed by atoms with Gasteiger partial charge in [-0.3, -0.25) is 9.59 Å². The average molecular weight is 373 g/mol. The summed E-state index contributed by atoms with van der Waals surface area (Å²) < 4.78 is 0. The van der Waals surface area contributed by atoms with Gasteiger partial charge in [-0.25, -0.2) is 5.43 Å². The maximum Gasteiger partial charge on any atom is 0.240 e. The first-order chi connectivity index (χ1) is 12.6. The van der Waals surface area contributed by atoms with Crippen LogP contribution in [0.2, 0.25) is 0 Å². The highest BCUT2D eigenvalue weighted by Crippen LogP contribution is 2.21. The number of nitrogens with zero attached hydrogens (tertiary/aromatic N) is 1. The van der Waals surface area contributed by atoms with E-state index in [9.17, 15) is 14.7 Å². The van der Waals surface area contributed by atoms with Crippen molar-refractivity contribution < 1.29 is 14.7 Å². The van der Waals surface area contributed by atoms with Gasteiger partial charge in [-0.15, -0.1) is 11.3 Å². The molecule has 0 unspecified atom stereocenters. The molecule has 1 aromatic carbocycles. The Hall–Kier alpha value is -2.67. The number of benzene rings is 1. The molecule has 0 aliphatic carbocycles. The summed E-state index contributed by atoms with van der Waals surface area (Å²) in [5.74, 6) is -0.225. The van der Waals surface area contributed by atoms with Crippen molar-refractivity contribution in [1.29, 1.82) is 0 Å². The first kappa shape index (κ1) is 19.7. The molecule has 0 aliphatic heterocycles. The predicted molar refractivity (Wildman–Crippen MR) is 105 cm³/mol. The highest BCUT2D eigenvalue weighted by molar-refractivity contribution is 7.11. The molecule has 138 valence electrons. The number of amides is 2. The van der Waals surface area contributed by atoms with E-state index in [2.05, 4.69) is 15.8 Å². The molecule has 3 N–H and O–H groups in total. The molecular weight excluding hydrogens is 350 g/mol. The van der Waals surface area contributed by atoms with Gasteiger partial charge in [-0.1, -0.05) is 18.6 Å². The van der Waals surface area contributed by atoms with Crippen LogP contribution in [0.15, 0.2) is 40.8 Å². The maximum atomic E-state index is 11.8. The predicted octanol–water partition coefficient (Wildman–Crippen LogP) is 3.80. The van der Waals surface area contributed by atoms with Gasteiger partial charge in [0, 0.05) is 17.7 Å². The Morgan fingerprint density at radius 2 is 1.85 bits per heavy atom. The summed E-state index contributed by atoms with van der Waals surface area (Å²) in [7, 11) is 0. The molecule has 1 heterocycles. The summed E-state index contributed by atoms with van der Waals surface area (Å²) in [5, 5.41) is 18.2. The lowest BCUT2D eigenvalue weighted by atomic mass is 10.1. The third kappa shape index (κ3) is 6.68. The van der Waals surface area contributed by atoms with Crippen molar-refractivity contribution in [2.75, 3.05) is 5.32 Å². The number of hydrazone groups is 1. The fraction of sp³-hybridized carbons (Fsp3) is 0.316. The first-order valence-corrected chi connectivity index (χ1v) is 9.38. The zero-order valence-corrected chi connectivity index (χ0v) is 15.5. The topological polar surface area (TPSA) is 90.8 Å². The van der Waals surface area contributed by atoms with Gasteiger partial charge in [-0.05, 0) is 48.9 Å². The van der Waals surface area contributed by atoms with Gasteiger partial charge in [0.25, 0.3) is 0 Å². The van der Waals surface area contributed by atoms with Crippen LogP contribution in [0.4, 0.5) is 5.69 Å². The van der Waals surface area contributed by atoms with Crippen LogP contribution in [0.25, 0.3) is 0 Å². The molecule has 1 aromatic heterocycles. The molecule has 26 heavy (non-hydrogen) atoms. The lowest BCUT2D eigenvalue weighted by Gasteiger charge is -2.06. The van der Waals surface area contributed by atoms with Gasteiger partial charge in [0.2, 0.25) is 11.8 Å². The Morgan fingerprint density at radius 3 is 2.54 bits per heavy atom. The van der Waals surface area contributed by atoms with Crippen LogP contribution in [0, 0.1) is 6.92 Å². The number of rotatable bonds is 9. The molecule has 0 bridgehead atoms. The van der Waals surface area contributed by atoms with Crippen molar-refractivity contribution in [3.8, 4) is 5.75 Å². The molecular formula is C19H23N3O3S. The minimum Gasteiger partial charge on any atom is -0.506 e. The van der Waals surface area contributed by atoms with Crippen molar-refractivity contribution in [3.05, 3.63) is 46.2 Å². The number of phenolic OH excluding ortho intramolecular Hbond substituents is 1. The highest BCUT2D eigenvalue weighted by atomic mass is 32.1. The Balaban J connectivity index is 1.56. The SMILES string of the molecule is Cc1ccsc1/C=N/NC(=O)CCCCCC(=O)Nc1ccccc1O. The van der Waals surface area contributed by atoms with E-state index in [4.69, 9.17) is 0 Å². The van der Waals surface area contributed by atoms with Crippen LogP contribution in [0.1, 0.15) is 42.5 Å². The van der Waals surface area contributed by atoms with Crippen LogP contribution in [-0.4, -0.2) is 23.1 Å². The smallest absolute Gasteiger partial charge is 0.240 e. The summed E-state index contributed by atoms with van der Waals surface area (Å²) >= 11 is 1.58. The van der Waals surface area contributed by atoms with E-state index in [1.165, 1.54) is 6.07 Å². The first-order valence-electron chi connectivity index (χ1n) is 8.50. The normalized spacial score (nSPS) is 10.8. The number of para-hydroxylation sites is 2. The van der Waals surface area contributed by atoms with Crippen molar-refractivity contribution in [2.45, 2.75) is 39.0 Å². The summed E-state index contributed by atoms with van der Waals surface area (Å²) in [6.07, 6.45) is 4.54. The average Bonchev–Trinajstić information content (AvgIpc) is 3.02. The zero-order chi connectivity index (χ0) is 18.8. The number of carbonyl (C=O) groups excluding carboxylic acids is 2. The van der Waals surface area contributed by atoms with Gasteiger partial charge < -0.3 is 10.4 Å². The minimum atomic E-state index is -0.146. The number of hydrogen-bond acceptors (Lipinski definition) is 5. The van der Waals surface area contributed by atoms with Crippen LogP contribution in [0.3, 0.4) is 0 Å². The highest BCUT2D eigenvalue weighted by Gasteiger charge is 2.06. The third-order valence-electron chi connectivity index (χ3n) is 3.76. The molecule has 0 spiro atoms. The standard InChI is InChI=1S/C19H23N3O3S/c1-14-11-12-26-17(14)13-20-22-19(25)10-4-2-3-9-18(24)21-15-7-5-6-8-16(15)23/h5-8,11-13,23H,2-4,9-10H2,1H3,(H,21,24)(H,22,25)/b20-13+. The Bertz CT molecular complexity index is 771. The van der Waals surface area contributed by atoms with E-state index in [1.54, 1.807) is 35.8 Å². The van der Waals surface area contributed by atoms with Gasteiger partial charge in [0.15, 0.2) is 0 Å². The van der Waals surface area contributed by atoms with Gasteiger partial charge in [-0.2, -0.15) is 5.10 Å². The van der Waals surface area contributed by atoms with Gasteiger partial charge in [0.1, 0.15) is 5.75 Å². The van der Waals surface area contributed by atoms with Crippen LogP contribution in [0.5, 0.6) is 5.75 Å². The van der Waals surface area contributed by atoms with Crippen LogP contribution in [-0.2, 0) is 9.59 Å². The quantitative estimate of drug-likeness (QED) is 0.270. The van der Waals surface area contributed by atoms with E-state index < -0.39 is 0 Å². The number of unbranched alkanes of at least 4 members (excludes halogenated alkanes) is 2. The van der Waals surface area contributed by atoms with E-state index in [-0.39, 0.29) is 17.6 Å². The second kappa shape index (κ2) is 10.4. The summed E-state index contributed by atoms with van der Waals surface area (Å²) in [6.45, 7) is 2.00. The Morgan fingerprint density at radius 1 is 1.12 bits per heavy atom. The van der Waals surface area contributed by atoms with Crippen LogP contribution < -0.4 is 10.7 Å². The zero-order valence-electron chi connectivity index (χ0n) is 14.7. The molecule has 2 aromatic rings. The Kier molecular flexibility index (Phi) is 7.82. The van der Waals surface area contributed by atoms with Gasteiger partial charge >= 0.3 is 0 Å².